The second-order valence-electron chi connectivity index (χ2n) is 4.11. The van der Waals surface area contributed by atoms with Crippen LogP contribution in [0.4, 0.5) is 5.00 Å². The lowest BCUT2D eigenvalue weighted by Crippen LogP contribution is -2.34. The first-order chi connectivity index (χ1) is 8.01. The number of thioether (sulfide) groups is 1. The first-order valence-corrected chi connectivity index (χ1v) is 7.10. The van der Waals surface area contributed by atoms with Crippen molar-refractivity contribution in [2.45, 2.75) is 24.5 Å². The van der Waals surface area contributed by atoms with E-state index in [0.29, 0.717) is 5.00 Å². The van der Waals surface area contributed by atoms with Crippen LogP contribution in [0.1, 0.15) is 29.4 Å². The fraction of sp³-hybridized carbons (Fsp3) is 0.455. The molecule has 0 bridgehead atoms. The highest BCUT2D eigenvalue weighted by molar-refractivity contribution is 8.01. The highest BCUT2D eigenvalue weighted by atomic mass is 32.2. The Morgan fingerprint density at radius 1 is 1.47 bits per heavy atom. The van der Waals surface area contributed by atoms with Crippen LogP contribution in [-0.4, -0.2) is 27.5 Å². The van der Waals surface area contributed by atoms with Crippen molar-refractivity contribution in [1.29, 1.82) is 0 Å². The third-order valence-electron chi connectivity index (χ3n) is 2.75. The highest BCUT2D eigenvalue weighted by Gasteiger charge is 2.37. The van der Waals surface area contributed by atoms with E-state index in [4.69, 9.17) is 5.11 Å². The van der Waals surface area contributed by atoms with Gasteiger partial charge in [0.2, 0.25) is 5.91 Å². The molecule has 1 aromatic heterocycles. The number of anilines is 1. The van der Waals surface area contributed by atoms with Gasteiger partial charge >= 0.3 is 5.97 Å². The number of hydrogen-bond acceptors (Lipinski definition) is 4. The predicted octanol–water partition coefficient (Wildman–Crippen LogP) is 2.67. The molecule has 1 amide bonds. The molecule has 6 heteroatoms. The van der Waals surface area contributed by atoms with E-state index in [1.54, 1.807) is 17.8 Å². The van der Waals surface area contributed by atoms with Crippen LogP contribution >= 0.6 is 23.1 Å². The van der Waals surface area contributed by atoms with Crippen molar-refractivity contribution in [3.05, 3.63) is 17.0 Å². The Bertz CT molecular complexity index is 449. The molecule has 1 atom stereocenters. The molecule has 0 radical (unpaired) electrons. The molecular weight excluding hydrogens is 258 g/mol. The van der Waals surface area contributed by atoms with Gasteiger partial charge < -0.3 is 10.4 Å². The zero-order valence-corrected chi connectivity index (χ0v) is 11.0. The summed E-state index contributed by atoms with van der Waals surface area (Å²) < 4.78 is -0.368. The summed E-state index contributed by atoms with van der Waals surface area (Å²) in [4.78, 5) is 23.0. The normalized spacial score (nSPS) is 23.6. The maximum atomic E-state index is 12.0. The minimum absolute atomic E-state index is 0.0289. The zero-order chi connectivity index (χ0) is 12.5. The van der Waals surface area contributed by atoms with Gasteiger partial charge in [-0.2, -0.15) is 0 Å². The molecule has 4 nitrogen and oxygen atoms in total. The van der Waals surface area contributed by atoms with Gasteiger partial charge in [-0.1, -0.05) is 0 Å². The molecule has 0 spiro atoms. The number of hydrogen-bond donors (Lipinski definition) is 2. The van der Waals surface area contributed by atoms with Gasteiger partial charge in [-0.15, -0.1) is 23.1 Å². The fourth-order valence-electron chi connectivity index (χ4n) is 1.72. The Morgan fingerprint density at radius 2 is 2.24 bits per heavy atom. The largest absolute Gasteiger partial charge is 0.477 e. The van der Waals surface area contributed by atoms with E-state index >= 15 is 0 Å². The maximum Gasteiger partial charge on any atom is 0.345 e. The van der Waals surface area contributed by atoms with Gasteiger partial charge in [-0.3, -0.25) is 4.79 Å². The molecule has 2 rings (SSSR count). The summed E-state index contributed by atoms with van der Waals surface area (Å²) >= 11 is 2.75. The average Bonchev–Trinajstić information content (AvgIpc) is 2.88. The van der Waals surface area contributed by atoms with Crippen molar-refractivity contribution >= 4 is 40.0 Å². The summed E-state index contributed by atoms with van der Waals surface area (Å²) in [5, 5.41) is 12.2. The van der Waals surface area contributed by atoms with Crippen LogP contribution in [0.15, 0.2) is 12.1 Å². The Hall–Kier alpha value is -1.01. The fourth-order valence-corrected chi connectivity index (χ4v) is 3.67. The lowest BCUT2D eigenvalue weighted by molar-refractivity contribution is -0.118. The first kappa shape index (κ1) is 12.4. The molecule has 0 saturated carbocycles. The monoisotopic (exact) mass is 271 g/mol. The lowest BCUT2D eigenvalue weighted by Gasteiger charge is -2.20. The summed E-state index contributed by atoms with van der Waals surface area (Å²) in [6, 6.07) is 3.14. The van der Waals surface area contributed by atoms with E-state index in [2.05, 4.69) is 5.32 Å². The minimum atomic E-state index is -0.961. The third kappa shape index (κ3) is 2.63. The second-order valence-corrected chi connectivity index (χ2v) is 6.79. The molecule has 1 aliphatic heterocycles. The summed E-state index contributed by atoms with van der Waals surface area (Å²) in [6.07, 6.45) is 1.93. The van der Waals surface area contributed by atoms with E-state index < -0.39 is 5.97 Å². The van der Waals surface area contributed by atoms with Crippen LogP contribution in [0.5, 0.6) is 0 Å². The number of carbonyl (C=O) groups is 2. The SMILES string of the molecule is CC1(C(=O)Nc2ccc(C(=O)O)s2)CCCS1. The van der Waals surface area contributed by atoms with E-state index in [1.807, 2.05) is 6.92 Å². The molecule has 2 N–H and O–H groups in total. The maximum absolute atomic E-state index is 12.0. The number of aromatic carboxylic acids is 1. The second kappa shape index (κ2) is 4.70. The molecule has 1 unspecified atom stereocenters. The lowest BCUT2D eigenvalue weighted by atomic mass is 10.1. The minimum Gasteiger partial charge on any atom is -0.477 e. The zero-order valence-electron chi connectivity index (χ0n) is 9.36. The van der Waals surface area contributed by atoms with Crippen molar-refractivity contribution in [2.75, 3.05) is 11.1 Å². The predicted molar refractivity (Wildman–Crippen MR) is 70.0 cm³/mol. The van der Waals surface area contributed by atoms with Gasteiger partial charge in [-0.25, -0.2) is 4.79 Å². The smallest absolute Gasteiger partial charge is 0.345 e. The first-order valence-electron chi connectivity index (χ1n) is 5.30. The summed E-state index contributed by atoms with van der Waals surface area (Å²) in [5.74, 6) is 0.0186. The average molecular weight is 271 g/mol. The van der Waals surface area contributed by atoms with Gasteiger partial charge in [-0.05, 0) is 37.7 Å². The van der Waals surface area contributed by atoms with Crippen LogP contribution in [0.2, 0.25) is 0 Å². The number of carbonyl (C=O) groups excluding carboxylic acids is 1. The Kier molecular flexibility index (Phi) is 3.44. The number of rotatable bonds is 3. The topological polar surface area (TPSA) is 66.4 Å². The highest BCUT2D eigenvalue weighted by Crippen LogP contribution is 2.39. The van der Waals surface area contributed by atoms with Crippen LogP contribution < -0.4 is 5.32 Å². The molecular formula is C11H13NO3S2. The molecule has 17 heavy (non-hydrogen) atoms. The van der Waals surface area contributed by atoms with Gasteiger partial charge in [0, 0.05) is 0 Å². The molecule has 1 aliphatic rings. The van der Waals surface area contributed by atoms with Crippen LogP contribution in [-0.2, 0) is 4.79 Å². The summed E-state index contributed by atoms with van der Waals surface area (Å²) in [7, 11) is 0. The van der Waals surface area contributed by atoms with Gasteiger partial charge in [0.15, 0.2) is 0 Å². The number of carboxylic acids is 1. The molecule has 2 heterocycles. The quantitative estimate of drug-likeness (QED) is 0.887. The van der Waals surface area contributed by atoms with E-state index in [0.717, 1.165) is 29.9 Å². The number of nitrogens with one attached hydrogen (secondary N) is 1. The Balaban J connectivity index is 2.05. The Morgan fingerprint density at radius 3 is 2.76 bits per heavy atom. The number of carboxylic acid groups (broad SMARTS) is 1. The molecule has 1 aromatic rings. The summed E-state index contributed by atoms with van der Waals surface area (Å²) in [5.41, 5.74) is 0. The molecule has 0 aromatic carbocycles. The molecule has 1 fully saturated rings. The third-order valence-corrected chi connectivity index (χ3v) is 5.26. The van der Waals surface area contributed by atoms with Crippen molar-refractivity contribution in [3.8, 4) is 0 Å². The number of amides is 1. The molecule has 0 aliphatic carbocycles. The van der Waals surface area contributed by atoms with Crippen molar-refractivity contribution in [2.24, 2.45) is 0 Å². The molecule has 92 valence electrons. The van der Waals surface area contributed by atoms with E-state index in [-0.39, 0.29) is 15.5 Å². The van der Waals surface area contributed by atoms with Crippen molar-refractivity contribution in [3.63, 3.8) is 0 Å². The van der Waals surface area contributed by atoms with Gasteiger partial charge in [0.25, 0.3) is 0 Å². The van der Waals surface area contributed by atoms with Crippen LogP contribution in [0.3, 0.4) is 0 Å². The van der Waals surface area contributed by atoms with Crippen LogP contribution in [0, 0.1) is 0 Å². The number of thiophene rings is 1. The van der Waals surface area contributed by atoms with E-state index in [1.165, 1.54) is 6.07 Å². The summed E-state index contributed by atoms with van der Waals surface area (Å²) in [6.45, 7) is 1.94. The van der Waals surface area contributed by atoms with Crippen molar-refractivity contribution < 1.29 is 14.7 Å². The van der Waals surface area contributed by atoms with E-state index in [9.17, 15) is 9.59 Å². The molecule has 1 saturated heterocycles. The standard InChI is InChI=1S/C11H13NO3S2/c1-11(5-2-6-16-11)10(15)12-8-4-3-7(17-8)9(13)14/h3-4H,2,5-6H2,1H3,(H,12,15)(H,13,14). The Labute approximate surface area is 107 Å². The van der Waals surface area contributed by atoms with Gasteiger partial charge in [0.05, 0.1) is 9.75 Å². The van der Waals surface area contributed by atoms with Gasteiger partial charge in [0.1, 0.15) is 4.88 Å². The van der Waals surface area contributed by atoms with Crippen molar-refractivity contribution in [1.82, 2.24) is 0 Å². The van der Waals surface area contributed by atoms with Crippen LogP contribution in [0.25, 0.3) is 0 Å².